The minimum absolute atomic E-state index is 0.0134. The zero-order valence-electron chi connectivity index (χ0n) is 9.59. The highest BCUT2D eigenvalue weighted by Crippen LogP contribution is 2.18. The summed E-state index contributed by atoms with van der Waals surface area (Å²) in [5, 5.41) is 0. The van der Waals surface area contributed by atoms with Gasteiger partial charge in [0.1, 0.15) is 5.76 Å². The van der Waals surface area contributed by atoms with Crippen LogP contribution in [0.15, 0.2) is 52.0 Å². The van der Waals surface area contributed by atoms with E-state index in [1.807, 2.05) is 6.92 Å². The molecule has 0 N–H and O–H groups in total. The van der Waals surface area contributed by atoms with Crippen LogP contribution >= 0.6 is 0 Å². The third kappa shape index (κ3) is 2.77. The van der Waals surface area contributed by atoms with Crippen molar-refractivity contribution in [3.8, 4) is 0 Å². The fourth-order valence-electron chi connectivity index (χ4n) is 1.62. The highest BCUT2D eigenvalue weighted by Gasteiger charge is 2.16. The Morgan fingerprint density at radius 3 is 2.47 bits per heavy atom. The van der Waals surface area contributed by atoms with Gasteiger partial charge in [-0.15, -0.1) is 0 Å². The van der Waals surface area contributed by atoms with Gasteiger partial charge in [0.05, 0.1) is 16.9 Å². The Balaban J connectivity index is 2.24. The third-order valence-electron chi connectivity index (χ3n) is 2.52. The van der Waals surface area contributed by atoms with Gasteiger partial charge in [0.2, 0.25) is 0 Å². The van der Waals surface area contributed by atoms with Crippen LogP contribution in [0.3, 0.4) is 0 Å². The van der Waals surface area contributed by atoms with Gasteiger partial charge in [-0.3, -0.25) is 0 Å². The van der Waals surface area contributed by atoms with Crippen LogP contribution < -0.4 is 0 Å². The molecule has 17 heavy (non-hydrogen) atoms. The summed E-state index contributed by atoms with van der Waals surface area (Å²) in [7, 11) is -3.27. The summed E-state index contributed by atoms with van der Waals surface area (Å²) in [6, 6.07) is 10.2. The van der Waals surface area contributed by atoms with E-state index in [0.29, 0.717) is 10.5 Å². The molecule has 0 aliphatic rings. The molecule has 3 nitrogen and oxygen atoms in total. The van der Waals surface area contributed by atoms with Crippen LogP contribution in [0.1, 0.15) is 18.2 Å². The quantitative estimate of drug-likeness (QED) is 0.838. The number of rotatable bonds is 4. The molecule has 90 valence electrons. The van der Waals surface area contributed by atoms with Crippen molar-refractivity contribution in [1.82, 2.24) is 0 Å². The molecular weight excluding hydrogens is 236 g/mol. The van der Waals surface area contributed by atoms with E-state index in [9.17, 15) is 8.42 Å². The molecule has 0 amide bonds. The zero-order chi connectivity index (χ0) is 12.3. The van der Waals surface area contributed by atoms with Crippen LogP contribution in [0.2, 0.25) is 0 Å². The Bertz CT molecular complexity index is 582. The number of benzene rings is 1. The van der Waals surface area contributed by atoms with E-state index in [2.05, 4.69) is 0 Å². The number of hydrogen-bond acceptors (Lipinski definition) is 3. The number of sulfone groups is 1. The first kappa shape index (κ1) is 11.9. The first-order valence-electron chi connectivity index (χ1n) is 5.46. The van der Waals surface area contributed by atoms with Gasteiger partial charge >= 0.3 is 0 Å². The molecule has 0 aliphatic carbocycles. The number of furan rings is 1. The van der Waals surface area contributed by atoms with Crippen molar-refractivity contribution >= 4 is 9.84 Å². The molecule has 1 heterocycles. The summed E-state index contributed by atoms with van der Waals surface area (Å²) in [5.41, 5.74) is 0.700. The average Bonchev–Trinajstić information content (AvgIpc) is 2.77. The Morgan fingerprint density at radius 1 is 1.18 bits per heavy atom. The van der Waals surface area contributed by atoms with E-state index in [-0.39, 0.29) is 5.75 Å². The lowest BCUT2D eigenvalue weighted by Crippen LogP contribution is -2.03. The van der Waals surface area contributed by atoms with Crippen LogP contribution in [-0.2, 0) is 22.0 Å². The highest BCUT2D eigenvalue weighted by molar-refractivity contribution is 7.90. The molecule has 1 aromatic heterocycles. The summed E-state index contributed by atoms with van der Waals surface area (Å²) >= 11 is 0. The third-order valence-corrected chi connectivity index (χ3v) is 4.22. The summed E-state index contributed by atoms with van der Waals surface area (Å²) in [5.74, 6) is 0.795. The van der Waals surface area contributed by atoms with Gasteiger partial charge in [0, 0.05) is 12.0 Å². The van der Waals surface area contributed by atoms with Crippen LogP contribution in [0, 0.1) is 0 Å². The van der Waals surface area contributed by atoms with E-state index >= 15 is 0 Å². The minimum atomic E-state index is -3.27. The van der Waals surface area contributed by atoms with Crippen LogP contribution in [-0.4, -0.2) is 8.42 Å². The monoisotopic (exact) mass is 250 g/mol. The minimum Gasteiger partial charge on any atom is -0.469 e. The molecule has 4 heteroatoms. The van der Waals surface area contributed by atoms with Gasteiger partial charge in [-0.2, -0.15) is 0 Å². The fourth-order valence-corrected chi connectivity index (χ4v) is 2.95. The zero-order valence-corrected chi connectivity index (χ0v) is 10.4. The Morgan fingerprint density at radius 2 is 1.88 bits per heavy atom. The standard InChI is InChI=1S/C13H14O3S/c1-2-12-8-11(9-16-12)10-17(14,15)13-6-4-3-5-7-13/h3-9H,2,10H2,1H3. The molecule has 0 unspecified atom stereocenters. The summed E-state index contributed by atoms with van der Waals surface area (Å²) in [4.78, 5) is 0.347. The largest absolute Gasteiger partial charge is 0.469 e. The lowest BCUT2D eigenvalue weighted by Gasteiger charge is -2.01. The summed E-state index contributed by atoms with van der Waals surface area (Å²) in [6.07, 6.45) is 2.28. The molecule has 0 bridgehead atoms. The van der Waals surface area contributed by atoms with Gasteiger partial charge in [-0.1, -0.05) is 25.1 Å². The topological polar surface area (TPSA) is 47.3 Å². The normalized spacial score (nSPS) is 11.6. The Kier molecular flexibility index (Phi) is 3.33. The molecule has 0 saturated heterocycles. The highest BCUT2D eigenvalue weighted by atomic mass is 32.2. The predicted octanol–water partition coefficient (Wildman–Crippen LogP) is 2.82. The van der Waals surface area contributed by atoms with Crippen molar-refractivity contribution in [2.75, 3.05) is 0 Å². The smallest absolute Gasteiger partial charge is 0.182 e. The van der Waals surface area contributed by atoms with Gasteiger partial charge in [0.25, 0.3) is 0 Å². The van der Waals surface area contributed by atoms with Crippen LogP contribution in [0.5, 0.6) is 0 Å². The van der Waals surface area contributed by atoms with E-state index in [0.717, 1.165) is 12.2 Å². The molecule has 0 spiro atoms. The van der Waals surface area contributed by atoms with Gasteiger partial charge in [-0.25, -0.2) is 8.42 Å². The first-order valence-corrected chi connectivity index (χ1v) is 7.11. The second kappa shape index (κ2) is 4.75. The maximum Gasteiger partial charge on any atom is 0.182 e. The van der Waals surface area contributed by atoms with Crippen LogP contribution in [0.4, 0.5) is 0 Å². The SMILES string of the molecule is CCc1cc(CS(=O)(=O)c2ccccc2)co1. The molecule has 2 rings (SSSR count). The summed E-state index contributed by atoms with van der Waals surface area (Å²) < 4.78 is 29.3. The maximum atomic E-state index is 12.1. The van der Waals surface area contributed by atoms with E-state index in [1.54, 1.807) is 36.4 Å². The summed E-state index contributed by atoms with van der Waals surface area (Å²) in [6.45, 7) is 1.97. The second-order valence-electron chi connectivity index (χ2n) is 3.85. The fraction of sp³-hybridized carbons (Fsp3) is 0.231. The van der Waals surface area contributed by atoms with Crippen molar-refractivity contribution in [1.29, 1.82) is 0 Å². The number of hydrogen-bond donors (Lipinski definition) is 0. The molecule has 0 radical (unpaired) electrons. The van der Waals surface area contributed by atoms with E-state index < -0.39 is 9.84 Å². The van der Waals surface area contributed by atoms with Crippen LogP contribution in [0.25, 0.3) is 0 Å². The molecular formula is C13H14O3S. The van der Waals surface area contributed by atoms with Gasteiger partial charge < -0.3 is 4.42 Å². The van der Waals surface area contributed by atoms with Crippen molar-refractivity contribution in [3.63, 3.8) is 0 Å². The van der Waals surface area contributed by atoms with E-state index in [1.165, 1.54) is 6.26 Å². The van der Waals surface area contributed by atoms with Crippen molar-refractivity contribution in [2.45, 2.75) is 24.0 Å². The molecule has 0 fully saturated rings. The second-order valence-corrected chi connectivity index (χ2v) is 5.84. The van der Waals surface area contributed by atoms with Gasteiger partial charge in [0.15, 0.2) is 9.84 Å². The number of aryl methyl sites for hydroxylation is 1. The molecule has 0 saturated carbocycles. The van der Waals surface area contributed by atoms with Crippen molar-refractivity contribution < 1.29 is 12.8 Å². The molecule has 0 aliphatic heterocycles. The Labute approximate surface area is 101 Å². The van der Waals surface area contributed by atoms with Crippen molar-refractivity contribution in [2.24, 2.45) is 0 Å². The average molecular weight is 250 g/mol. The molecule has 0 atom stereocenters. The van der Waals surface area contributed by atoms with Crippen molar-refractivity contribution in [3.05, 3.63) is 54.0 Å². The maximum absolute atomic E-state index is 12.1. The predicted molar refractivity (Wildman–Crippen MR) is 65.4 cm³/mol. The Hall–Kier alpha value is -1.55. The van der Waals surface area contributed by atoms with Gasteiger partial charge in [-0.05, 0) is 18.2 Å². The molecule has 1 aromatic carbocycles. The van der Waals surface area contributed by atoms with E-state index in [4.69, 9.17) is 4.42 Å². The molecule has 2 aromatic rings. The first-order chi connectivity index (χ1) is 8.12. The lowest BCUT2D eigenvalue weighted by molar-refractivity contribution is 0.514. The lowest BCUT2D eigenvalue weighted by atomic mass is 10.3.